The molecule has 31 heavy (non-hydrogen) atoms. The Labute approximate surface area is 200 Å². The first-order chi connectivity index (χ1) is 14.2. The monoisotopic (exact) mass is 553 g/mol. The predicted octanol–water partition coefficient (Wildman–Crippen LogP) is 3.19. The number of nitrogens with zero attached hydrogens (tertiary/aromatic N) is 3. The van der Waals surface area contributed by atoms with Crippen LogP contribution in [0.25, 0.3) is 0 Å². The lowest BCUT2D eigenvalue weighted by molar-refractivity contribution is 0.0145. The van der Waals surface area contributed by atoms with Crippen molar-refractivity contribution in [1.82, 2.24) is 20.4 Å². The molecule has 1 heterocycles. The number of amides is 1. The van der Waals surface area contributed by atoms with Gasteiger partial charge >= 0.3 is 6.09 Å². The lowest BCUT2D eigenvalue weighted by Crippen LogP contribution is -2.50. The predicted molar refractivity (Wildman–Crippen MR) is 129 cm³/mol. The van der Waals surface area contributed by atoms with Gasteiger partial charge in [0.2, 0.25) is 0 Å². The van der Waals surface area contributed by atoms with Crippen LogP contribution in [0.15, 0.2) is 23.2 Å². The highest BCUT2D eigenvalue weighted by molar-refractivity contribution is 14.0. The van der Waals surface area contributed by atoms with Crippen LogP contribution in [-0.2, 0) is 11.3 Å². The van der Waals surface area contributed by atoms with Crippen LogP contribution in [0.5, 0.6) is 0 Å². The van der Waals surface area contributed by atoms with E-state index in [-0.39, 0.29) is 42.2 Å². The normalized spacial score (nSPS) is 15.3. The van der Waals surface area contributed by atoms with Crippen molar-refractivity contribution in [2.75, 3.05) is 46.3 Å². The summed E-state index contributed by atoms with van der Waals surface area (Å²) in [5.41, 5.74) is -0.229. The van der Waals surface area contributed by atoms with Crippen molar-refractivity contribution < 1.29 is 18.3 Å². The molecule has 0 saturated carbocycles. The zero-order chi connectivity index (χ0) is 22.1. The molecule has 2 rings (SSSR count). The number of halogens is 3. The summed E-state index contributed by atoms with van der Waals surface area (Å²) >= 11 is 0. The van der Waals surface area contributed by atoms with Crippen LogP contribution in [0.1, 0.15) is 32.8 Å². The number of guanidine groups is 1. The molecule has 0 aliphatic carbocycles. The van der Waals surface area contributed by atoms with Gasteiger partial charge in [0.1, 0.15) is 17.2 Å². The minimum absolute atomic E-state index is 0. The minimum Gasteiger partial charge on any atom is -0.444 e. The van der Waals surface area contributed by atoms with Gasteiger partial charge in [-0.05, 0) is 51.9 Å². The number of ether oxygens (including phenoxy) is 1. The fourth-order valence-corrected chi connectivity index (χ4v) is 3.07. The van der Waals surface area contributed by atoms with E-state index < -0.39 is 17.2 Å². The second-order valence-electron chi connectivity index (χ2n) is 8.25. The maximum atomic E-state index is 13.7. The van der Waals surface area contributed by atoms with E-state index in [9.17, 15) is 13.6 Å². The molecular weight excluding hydrogens is 519 g/mol. The summed E-state index contributed by atoms with van der Waals surface area (Å²) in [4.78, 5) is 20.3. The van der Waals surface area contributed by atoms with Gasteiger partial charge in [-0.3, -0.25) is 9.89 Å². The number of aliphatic imine (C=N–C) groups is 1. The second-order valence-corrected chi connectivity index (χ2v) is 8.25. The van der Waals surface area contributed by atoms with Gasteiger partial charge in [-0.15, -0.1) is 24.0 Å². The van der Waals surface area contributed by atoms with Crippen molar-refractivity contribution in [2.24, 2.45) is 4.99 Å². The van der Waals surface area contributed by atoms with E-state index in [4.69, 9.17) is 4.74 Å². The van der Waals surface area contributed by atoms with Gasteiger partial charge in [0.05, 0.1) is 0 Å². The maximum Gasteiger partial charge on any atom is 0.410 e. The zero-order valence-corrected chi connectivity index (χ0v) is 21.0. The molecule has 0 bridgehead atoms. The Bertz CT molecular complexity index is 735. The molecule has 1 aromatic rings. The van der Waals surface area contributed by atoms with Crippen molar-refractivity contribution in [3.8, 4) is 0 Å². The highest BCUT2D eigenvalue weighted by Gasteiger charge is 2.25. The Kier molecular flexibility index (Phi) is 11.5. The van der Waals surface area contributed by atoms with Gasteiger partial charge in [0.25, 0.3) is 0 Å². The minimum atomic E-state index is -0.479. The van der Waals surface area contributed by atoms with Crippen LogP contribution in [-0.4, -0.2) is 73.8 Å². The fourth-order valence-electron chi connectivity index (χ4n) is 3.07. The van der Waals surface area contributed by atoms with E-state index >= 15 is 0 Å². The lowest BCUT2D eigenvalue weighted by Gasteiger charge is -2.35. The van der Waals surface area contributed by atoms with Gasteiger partial charge in [0.15, 0.2) is 5.96 Å². The molecule has 10 heteroatoms. The quantitative estimate of drug-likeness (QED) is 0.245. The molecule has 0 radical (unpaired) electrons. The first kappa shape index (κ1) is 27.3. The maximum absolute atomic E-state index is 13.7. The standard InChI is InChI=1S/C21H33F2N5O2.HI/c1-21(2,3)30-20(29)28-12-10-27(11-13-28)9-5-8-25-19(24-4)26-15-16-14-17(22)6-7-18(16)23;/h6-7,14H,5,8-13,15H2,1-4H3,(H2,24,25,26);1H. The molecule has 1 fully saturated rings. The Morgan fingerprint density at radius 1 is 1.16 bits per heavy atom. The Morgan fingerprint density at radius 2 is 1.84 bits per heavy atom. The molecule has 0 unspecified atom stereocenters. The zero-order valence-electron chi connectivity index (χ0n) is 18.7. The van der Waals surface area contributed by atoms with Gasteiger partial charge < -0.3 is 20.3 Å². The third kappa shape index (κ3) is 9.98. The van der Waals surface area contributed by atoms with Gasteiger partial charge in [-0.25, -0.2) is 13.6 Å². The van der Waals surface area contributed by atoms with Crippen LogP contribution in [0.2, 0.25) is 0 Å². The van der Waals surface area contributed by atoms with E-state index in [0.29, 0.717) is 25.6 Å². The first-order valence-electron chi connectivity index (χ1n) is 10.3. The molecule has 0 aromatic heterocycles. The summed E-state index contributed by atoms with van der Waals surface area (Å²) in [6, 6.07) is 3.39. The number of nitrogens with one attached hydrogen (secondary N) is 2. The fraction of sp³-hybridized carbons (Fsp3) is 0.619. The van der Waals surface area contributed by atoms with Crippen molar-refractivity contribution in [1.29, 1.82) is 0 Å². The third-order valence-corrected chi connectivity index (χ3v) is 4.65. The summed E-state index contributed by atoms with van der Waals surface area (Å²) in [5, 5.41) is 6.17. The van der Waals surface area contributed by atoms with Crippen LogP contribution in [0.4, 0.5) is 13.6 Å². The summed E-state index contributed by atoms with van der Waals surface area (Å²) in [5.74, 6) is -0.388. The number of hydrogen-bond donors (Lipinski definition) is 2. The molecule has 1 aliphatic heterocycles. The van der Waals surface area contributed by atoms with Crippen LogP contribution < -0.4 is 10.6 Å². The van der Waals surface area contributed by atoms with E-state index in [1.54, 1.807) is 11.9 Å². The number of carbonyl (C=O) groups excluding carboxylic acids is 1. The van der Waals surface area contributed by atoms with Crippen LogP contribution in [0, 0.1) is 11.6 Å². The second kappa shape index (κ2) is 13.0. The molecule has 1 amide bonds. The number of rotatable bonds is 6. The number of carbonyl (C=O) groups is 1. The third-order valence-electron chi connectivity index (χ3n) is 4.65. The van der Waals surface area contributed by atoms with E-state index in [0.717, 1.165) is 38.2 Å². The molecule has 1 aromatic carbocycles. The Morgan fingerprint density at radius 3 is 2.45 bits per heavy atom. The largest absolute Gasteiger partial charge is 0.444 e. The Balaban J connectivity index is 0.00000480. The van der Waals surface area contributed by atoms with E-state index in [2.05, 4.69) is 20.5 Å². The average molecular weight is 553 g/mol. The topological polar surface area (TPSA) is 69.2 Å². The van der Waals surface area contributed by atoms with Crippen LogP contribution in [0.3, 0.4) is 0 Å². The summed E-state index contributed by atoms with van der Waals surface area (Å²) in [6.07, 6.45) is 0.634. The molecule has 0 atom stereocenters. The molecule has 1 aliphatic rings. The SMILES string of the molecule is CN=C(NCCCN1CCN(C(=O)OC(C)(C)C)CC1)NCc1cc(F)ccc1F.I. The lowest BCUT2D eigenvalue weighted by atomic mass is 10.2. The summed E-state index contributed by atoms with van der Waals surface area (Å²) < 4.78 is 32.3. The molecule has 7 nitrogen and oxygen atoms in total. The average Bonchev–Trinajstić information content (AvgIpc) is 2.69. The van der Waals surface area contributed by atoms with Gasteiger partial charge in [-0.2, -0.15) is 0 Å². The molecule has 0 spiro atoms. The molecule has 2 N–H and O–H groups in total. The Hall–Kier alpha value is -1.69. The van der Waals surface area contributed by atoms with Crippen molar-refractivity contribution in [2.45, 2.75) is 39.3 Å². The highest BCUT2D eigenvalue weighted by Crippen LogP contribution is 2.12. The van der Waals surface area contributed by atoms with Crippen molar-refractivity contribution in [3.05, 3.63) is 35.4 Å². The smallest absolute Gasteiger partial charge is 0.410 e. The molecular formula is C21H34F2IN5O2. The molecule has 176 valence electrons. The van der Waals surface area contributed by atoms with Gasteiger partial charge in [-0.1, -0.05) is 0 Å². The highest BCUT2D eigenvalue weighted by atomic mass is 127. The summed E-state index contributed by atoms with van der Waals surface area (Å²) in [6.45, 7) is 10.3. The number of benzene rings is 1. The van der Waals surface area contributed by atoms with Crippen molar-refractivity contribution in [3.63, 3.8) is 0 Å². The van der Waals surface area contributed by atoms with Crippen LogP contribution >= 0.6 is 24.0 Å². The van der Waals surface area contributed by atoms with E-state index in [1.165, 1.54) is 6.07 Å². The van der Waals surface area contributed by atoms with Gasteiger partial charge in [0, 0.05) is 51.9 Å². The first-order valence-corrected chi connectivity index (χ1v) is 10.3. The van der Waals surface area contributed by atoms with Crippen molar-refractivity contribution >= 4 is 36.0 Å². The summed E-state index contributed by atoms with van der Waals surface area (Å²) in [7, 11) is 1.63. The molecule has 1 saturated heterocycles. The number of hydrogen-bond acceptors (Lipinski definition) is 4. The van der Waals surface area contributed by atoms with E-state index in [1.807, 2.05) is 20.8 Å². The number of piperazine rings is 1.